The second kappa shape index (κ2) is 11.7. The van der Waals surface area contributed by atoms with Crippen LogP contribution in [0.3, 0.4) is 0 Å². The van der Waals surface area contributed by atoms with Crippen molar-refractivity contribution in [2.75, 3.05) is 18.6 Å². The SMILES string of the molecule is CCNC(=O)NC(=O)C(C)SC1=N/C(=C\c2ccc(C(C)C)cc2)C(=O)N1c1cccc(OC)c1. The number of aliphatic imine (C=N–C) groups is 1. The van der Waals surface area contributed by atoms with Gasteiger partial charge in [-0.3, -0.25) is 19.8 Å². The summed E-state index contributed by atoms with van der Waals surface area (Å²) in [4.78, 5) is 43.7. The van der Waals surface area contributed by atoms with Crippen molar-refractivity contribution in [3.05, 3.63) is 65.4 Å². The molecule has 1 aliphatic rings. The first-order chi connectivity index (χ1) is 16.7. The minimum Gasteiger partial charge on any atom is -0.497 e. The first-order valence-electron chi connectivity index (χ1n) is 11.4. The second-order valence-electron chi connectivity index (χ2n) is 8.20. The van der Waals surface area contributed by atoms with E-state index in [2.05, 4.69) is 29.5 Å². The van der Waals surface area contributed by atoms with Crippen molar-refractivity contribution in [3.63, 3.8) is 0 Å². The maximum Gasteiger partial charge on any atom is 0.321 e. The van der Waals surface area contributed by atoms with Crippen molar-refractivity contribution in [1.82, 2.24) is 10.6 Å². The Bertz CT molecular complexity index is 1160. The predicted octanol–water partition coefficient (Wildman–Crippen LogP) is 4.53. The van der Waals surface area contributed by atoms with Crippen molar-refractivity contribution in [3.8, 4) is 5.75 Å². The summed E-state index contributed by atoms with van der Waals surface area (Å²) < 4.78 is 5.32. The van der Waals surface area contributed by atoms with Crippen molar-refractivity contribution in [2.45, 2.75) is 38.9 Å². The predicted molar refractivity (Wildman–Crippen MR) is 141 cm³/mol. The van der Waals surface area contributed by atoms with E-state index in [1.54, 1.807) is 51.3 Å². The molecule has 35 heavy (non-hydrogen) atoms. The van der Waals surface area contributed by atoms with Crippen molar-refractivity contribution >= 4 is 46.5 Å². The molecule has 9 heteroatoms. The molecule has 2 N–H and O–H groups in total. The number of anilines is 1. The highest BCUT2D eigenvalue weighted by Gasteiger charge is 2.34. The Morgan fingerprint density at radius 3 is 2.49 bits per heavy atom. The molecule has 0 bridgehead atoms. The highest BCUT2D eigenvalue weighted by molar-refractivity contribution is 8.15. The van der Waals surface area contributed by atoms with Crippen LogP contribution in [0.1, 0.15) is 44.7 Å². The number of carbonyl (C=O) groups is 3. The van der Waals surface area contributed by atoms with Crippen molar-refractivity contribution in [1.29, 1.82) is 0 Å². The molecule has 4 amide bonds. The van der Waals surface area contributed by atoms with Gasteiger partial charge in [0.25, 0.3) is 5.91 Å². The molecule has 184 valence electrons. The number of urea groups is 1. The van der Waals surface area contributed by atoms with E-state index in [0.29, 0.717) is 29.1 Å². The molecule has 8 nitrogen and oxygen atoms in total. The fraction of sp³-hybridized carbons (Fsp3) is 0.308. The van der Waals surface area contributed by atoms with Crippen LogP contribution in [0.15, 0.2) is 59.2 Å². The van der Waals surface area contributed by atoms with Gasteiger partial charge in [0.1, 0.15) is 11.4 Å². The lowest BCUT2D eigenvalue weighted by atomic mass is 10.0. The summed E-state index contributed by atoms with van der Waals surface area (Å²) in [7, 11) is 1.55. The number of benzene rings is 2. The monoisotopic (exact) mass is 494 g/mol. The third-order valence-electron chi connectivity index (χ3n) is 5.27. The van der Waals surface area contributed by atoms with Gasteiger partial charge < -0.3 is 10.1 Å². The van der Waals surface area contributed by atoms with E-state index < -0.39 is 17.2 Å². The van der Waals surface area contributed by atoms with Gasteiger partial charge in [0, 0.05) is 12.6 Å². The molecule has 0 radical (unpaired) electrons. The maximum atomic E-state index is 13.4. The third-order valence-corrected chi connectivity index (χ3v) is 6.33. The topological polar surface area (TPSA) is 100 Å². The Labute approximate surface area is 209 Å². The summed E-state index contributed by atoms with van der Waals surface area (Å²) in [5.74, 6) is 0.193. The maximum absolute atomic E-state index is 13.4. The molecular weight excluding hydrogens is 464 g/mol. The van der Waals surface area contributed by atoms with Gasteiger partial charge in [0.05, 0.1) is 18.0 Å². The van der Waals surface area contributed by atoms with Crippen molar-refractivity contribution < 1.29 is 19.1 Å². The number of thioether (sulfide) groups is 1. The number of amides is 4. The molecule has 0 spiro atoms. The van der Waals surface area contributed by atoms with Crippen LogP contribution in [-0.4, -0.2) is 41.9 Å². The summed E-state index contributed by atoms with van der Waals surface area (Å²) in [6, 6.07) is 14.5. The van der Waals surface area contributed by atoms with Gasteiger partial charge in [0.15, 0.2) is 5.17 Å². The Kier molecular flexibility index (Phi) is 8.70. The zero-order valence-corrected chi connectivity index (χ0v) is 21.3. The number of imide groups is 1. The smallest absolute Gasteiger partial charge is 0.321 e. The second-order valence-corrected chi connectivity index (χ2v) is 9.50. The minimum absolute atomic E-state index is 0.254. The molecule has 0 saturated carbocycles. The molecular formula is C26H30N4O4S. The average Bonchev–Trinajstić information content (AvgIpc) is 3.13. The van der Waals surface area contributed by atoms with Gasteiger partial charge >= 0.3 is 6.03 Å². The van der Waals surface area contributed by atoms with Crippen LogP contribution in [0.5, 0.6) is 5.75 Å². The zero-order valence-electron chi connectivity index (χ0n) is 20.5. The number of ether oxygens (including phenoxy) is 1. The Balaban J connectivity index is 1.92. The van der Waals surface area contributed by atoms with E-state index in [1.807, 2.05) is 24.3 Å². The van der Waals surface area contributed by atoms with Gasteiger partial charge in [-0.15, -0.1) is 0 Å². The molecule has 0 aromatic heterocycles. The number of carbonyl (C=O) groups excluding carboxylic acids is 3. The Morgan fingerprint density at radius 2 is 1.86 bits per heavy atom. The molecule has 1 heterocycles. The lowest BCUT2D eigenvalue weighted by molar-refractivity contribution is -0.119. The fourth-order valence-corrected chi connectivity index (χ4v) is 4.24. The minimum atomic E-state index is -0.679. The van der Waals surface area contributed by atoms with Crippen molar-refractivity contribution in [2.24, 2.45) is 4.99 Å². The van der Waals surface area contributed by atoms with E-state index in [9.17, 15) is 14.4 Å². The molecule has 0 aliphatic carbocycles. The Morgan fingerprint density at radius 1 is 1.14 bits per heavy atom. The molecule has 1 aliphatic heterocycles. The zero-order chi connectivity index (χ0) is 25.5. The molecule has 1 atom stereocenters. The summed E-state index contributed by atoms with van der Waals surface area (Å²) in [6.07, 6.45) is 1.73. The number of hydrogen-bond acceptors (Lipinski definition) is 6. The summed E-state index contributed by atoms with van der Waals surface area (Å²) in [5.41, 5.74) is 2.87. The standard InChI is InChI=1S/C26H30N4O4S/c1-6-27-25(33)29-23(31)17(4)35-26-28-22(14-18-10-12-19(13-11-18)16(2)3)24(32)30(26)20-8-7-9-21(15-20)34-5/h7-17H,6H2,1-5H3,(H2,27,29,31,33)/b22-14-. The third kappa shape index (κ3) is 6.51. The number of rotatable bonds is 7. The summed E-state index contributed by atoms with van der Waals surface area (Å²) in [6.45, 7) is 8.06. The van der Waals surface area contributed by atoms with E-state index in [4.69, 9.17) is 4.74 Å². The van der Waals surface area contributed by atoms with Crippen LogP contribution in [0.25, 0.3) is 6.08 Å². The number of methoxy groups -OCH3 is 1. The van der Waals surface area contributed by atoms with Gasteiger partial charge in [0.2, 0.25) is 5.91 Å². The molecule has 0 fully saturated rings. The normalized spacial score (nSPS) is 15.3. The summed E-state index contributed by atoms with van der Waals surface area (Å²) in [5, 5.41) is 4.49. The number of hydrogen-bond donors (Lipinski definition) is 2. The number of nitrogens with one attached hydrogen (secondary N) is 2. The highest BCUT2D eigenvalue weighted by Crippen LogP contribution is 2.33. The summed E-state index contributed by atoms with van der Waals surface area (Å²) >= 11 is 1.10. The van der Waals surface area contributed by atoms with Gasteiger partial charge in [-0.05, 0) is 49.1 Å². The van der Waals surface area contributed by atoms with E-state index in [1.165, 1.54) is 10.5 Å². The van der Waals surface area contributed by atoms with Crippen LogP contribution >= 0.6 is 11.8 Å². The van der Waals surface area contributed by atoms with Crippen LogP contribution in [0.2, 0.25) is 0 Å². The van der Waals surface area contributed by atoms with Crippen LogP contribution in [-0.2, 0) is 9.59 Å². The quantitative estimate of drug-likeness (QED) is 0.551. The Hall–Kier alpha value is -3.59. The van der Waals surface area contributed by atoms with E-state index in [-0.39, 0.29) is 11.6 Å². The largest absolute Gasteiger partial charge is 0.497 e. The lowest BCUT2D eigenvalue weighted by Crippen LogP contribution is -2.43. The molecule has 1 unspecified atom stereocenters. The number of nitrogens with zero attached hydrogens (tertiary/aromatic N) is 2. The van der Waals surface area contributed by atoms with Gasteiger partial charge in [-0.1, -0.05) is 55.9 Å². The van der Waals surface area contributed by atoms with E-state index >= 15 is 0 Å². The molecule has 2 aromatic carbocycles. The average molecular weight is 495 g/mol. The molecule has 2 aromatic rings. The van der Waals surface area contributed by atoms with Gasteiger partial charge in [-0.2, -0.15) is 0 Å². The molecule has 0 saturated heterocycles. The molecule has 3 rings (SSSR count). The van der Waals surface area contributed by atoms with Crippen LogP contribution in [0.4, 0.5) is 10.5 Å². The number of amidine groups is 1. The van der Waals surface area contributed by atoms with Crippen LogP contribution in [0, 0.1) is 0 Å². The van der Waals surface area contributed by atoms with E-state index in [0.717, 1.165) is 17.3 Å². The lowest BCUT2D eigenvalue weighted by Gasteiger charge is -2.20. The first-order valence-corrected chi connectivity index (χ1v) is 12.3. The first kappa shape index (κ1) is 26.0. The van der Waals surface area contributed by atoms with Gasteiger partial charge in [-0.25, -0.2) is 9.79 Å². The highest BCUT2D eigenvalue weighted by atomic mass is 32.2. The van der Waals surface area contributed by atoms with Crippen LogP contribution < -0.4 is 20.3 Å². The fourth-order valence-electron chi connectivity index (χ4n) is 3.32.